The largest absolute Gasteiger partial charge is 0.458 e. The number of benzene rings is 6. The Bertz CT molecular complexity index is 1760. The lowest BCUT2D eigenvalue weighted by atomic mass is 9.34. The summed E-state index contributed by atoms with van der Waals surface area (Å²) in [6.07, 6.45) is 0. The van der Waals surface area contributed by atoms with Gasteiger partial charge in [-0.1, -0.05) is 145 Å². The normalized spacial score (nSPS) is 14.0. The maximum Gasteiger partial charge on any atom is 0.251 e. The van der Waals surface area contributed by atoms with Crippen LogP contribution in [-0.2, 0) is 5.41 Å². The Hall–Kier alpha value is -4.82. The minimum Gasteiger partial charge on any atom is -0.458 e. The number of fused-ring (bicyclic) bond motifs is 5. The molecular weight excluding hydrogens is 471 g/mol. The summed E-state index contributed by atoms with van der Waals surface area (Å²) in [6, 6.07) is 54.9. The van der Waals surface area contributed by atoms with E-state index in [-0.39, 0.29) is 6.71 Å². The quantitative estimate of drug-likeness (QED) is 0.248. The molecule has 1 aliphatic heterocycles. The molecule has 1 nitrogen and oxygen atoms in total. The van der Waals surface area contributed by atoms with Gasteiger partial charge in [0.25, 0.3) is 6.71 Å². The fourth-order valence-electron chi connectivity index (χ4n) is 7.02. The van der Waals surface area contributed by atoms with Crippen molar-refractivity contribution >= 4 is 23.1 Å². The van der Waals surface area contributed by atoms with Crippen LogP contribution in [0.2, 0.25) is 0 Å². The van der Waals surface area contributed by atoms with E-state index in [9.17, 15) is 0 Å². The van der Waals surface area contributed by atoms with Gasteiger partial charge >= 0.3 is 0 Å². The van der Waals surface area contributed by atoms with E-state index < -0.39 is 5.41 Å². The molecule has 0 fully saturated rings. The SMILES string of the molecule is c1ccc(C2(c3ccccc3)c3ccccc3-c3cccc(B4c5ccccc5Oc5ccccc54)c32)cc1. The smallest absolute Gasteiger partial charge is 0.251 e. The zero-order valence-electron chi connectivity index (χ0n) is 21.4. The number of rotatable bonds is 3. The molecule has 1 heterocycles. The van der Waals surface area contributed by atoms with Gasteiger partial charge in [0.05, 0.1) is 5.41 Å². The van der Waals surface area contributed by atoms with Gasteiger partial charge in [-0.05, 0) is 56.4 Å². The Morgan fingerprint density at radius 2 is 0.897 bits per heavy atom. The Balaban J connectivity index is 1.54. The third kappa shape index (κ3) is 3.09. The second-order valence-electron chi connectivity index (χ2n) is 10.4. The van der Waals surface area contributed by atoms with Crippen LogP contribution in [0.3, 0.4) is 0 Å². The van der Waals surface area contributed by atoms with Gasteiger partial charge in [-0.25, -0.2) is 0 Å². The standard InChI is InChI=1S/C37H25BO/c1-3-14-26(15-4-1)37(27-16-5-2-6-17-27)30-20-8-7-18-28(30)29-19-13-23-33(36(29)37)38-31-21-9-11-24-34(31)39-35-25-12-10-22-32(35)38/h1-25H. The van der Waals surface area contributed by atoms with Gasteiger partial charge in [0.2, 0.25) is 0 Å². The zero-order valence-corrected chi connectivity index (χ0v) is 21.4. The van der Waals surface area contributed by atoms with E-state index in [2.05, 4.69) is 152 Å². The maximum atomic E-state index is 6.43. The first-order chi connectivity index (χ1) is 19.4. The van der Waals surface area contributed by atoms with Gasteiger partial charge in [-0.15, -0.1) is 0 Å². The molecule has 39 heavy (non-hydrogen) atoms. The second-order valence-corrected chi connectivity index (χ2v) is 10.4. The predicted octanol–water partition coefficient (Wildman–Crippen LogP) is 6.67. The fraction of sp³-hybridized carbons (Fsp3) is 0.0270. The Morgan fingerprint density at radius 1 is 0.410 bits per heavy atom. The highest BCUT2D eigenvalue weighted by Crippen LogP contribution is 2.55. The molecule has 0 N–H and O–H groups in total. The summed E-state index contributed by atoms with van der Waals surface area (Å²) in [7, 11) is 0. The minimum atomic E-state index is -0.451. The van der Waals surface area contributed by atoms with Crippen molar-refractivity contribution in [1.29, 1.82) is 0 Å². The summed E-state index contributed by atoms with van der Waals surface area (Å²) < 4.78 is 6.43. The molecule has 0 radical (unpaired) electrons. The van der Waals surface area contributed by atoms with Crippen LogP contribution in [0, 0.1) is 0 Å². The average Bonchev–Trinajstić information content (AvgIpc) is 3.32. The molecule has 0 amide bonds. The first kappa shape index (κ1) is 22.2. The first-order valence-corrected chi connectivity index (χ1v) is 13.6. The molecule has 2 aliphatic rings. The summed E-state index contributed by atoms with van der Waals surface area (Å²) in [5.41, 5.74) is 11.1. The van der Waals surface area contributed by atoms with Gasteiger partial charge in [-0.2, -0.15) is 0 Å². The number of para-hydroxylation sites is 2. The fourth-order valence-corrected chi connectivity index (χ4v) is 7.02. The van der Waals surface area contributed by atoms with Gasteiger partial charge < -0.3 is 4.74 Å². The first-order valence-electron chi connectivity index (χ1n) is 13.6. The van der Waals surface area contributed by atoms with E-state index in [0.29, 0.717) is 0 Å². The van der Waals surface area contributed by atoms with Crippen LogP contribution in [0.15, 0.2) is 152 Å². The molecule has 6 aromatic rings. The second kappa shape index (κ2) is 8.61. The molecule has 0 unspecified atom stereocenters. The number of hydrogen-bond acceptors (Lipinski definition) is 1. The van der Waals surface area contributed by atoms with E-state index in [0.717, 1.165) is 11.5 Å². The molecule has 0 spiro atoms. The summed E-state index contributed by atoms with van der Waals surface area (Å²) in [5.74, 6) is 1.86. The summed E-state index contributed by atoms with van der Waals surface area (Å²) in [6.45, 7) is 0.0437. The third-order valence-corrected chi connectivity index (χ3v) is 8.50. The molecule has 2 heteroatoms. The van der Waals surface area contributed by atoms with Crippen LogP contribution in [0.25, 0.3) is 11.1 Å². The lowest BCUT2D eigenvalue weighted by molar-refractivity contribution is 0.487. The van der Waals surface area contributed by atoms with Crippen molar-refractivity contribution in [3.05, 3.63) is 174 Å². The Kier molecular flexibility index (Phi) is 4.90. The number of ether oxygens (including phenoxy) is 1. The molecule has 0 saturated heterocycles. The maximum absolute atomic E-state index is 6.43. The topological polar surface area (TPSA) is 9.23 Å². The van der Waals surface area contributed by atoms with Crippen LogP contribution in [0.5, 0.6) is 11.5 Å². The number of hydrogen-bond donors (Lipinski definition) is 0. The monoisotopic (exact) mass is 496 g/mol. The van der Waals surface area contributed by atoms with Gasteiger partial charge in [0.15, 0.2) is 0 Å². The van der Waals surface area contributed by atoms with Crippen LogP contribution in [-0.4, -0.2) is 6.71 Å². The molecular formula is C37H25BO. The van der Waals surface area contributed by atoms with Crippen molar-refractivity contribution in [1.82, 2.24) is 0 Å². The molecule has 0 bridgehead atoms. The van der Waals surface area contributed by atoms with E-state index in [1.54, 1.807) is 0 Å². The van der Waals surface area contributed by atoms with E-state index in [1.807, 2.05) is 0 Å². The van der Waals surface area contributed by atoms with Crippen molar-refractivity contribution in [2.75, 3.05) is 0 Å². The van der Waals surface area contributed by atoms with Crippen LogP contribution in [0.1, 0.15) is 22.3 Å². The average molecular weight is 496 g/mol. The molecule has 182 valence electrons. The minimum absolute atomic E-state index is 0.0437. The zero-order chi connectivity index (χ0) is 25.8. The highest BCUT2D eigenvalue weighted by molar-refractivity contribution is 6.97. The van der Waals surface area contributed by atoms with Crippen LogP contribution in [0.4, 0.5) is 0 Å². The molecule has 8 rings (SSSR count). The van der Waals surface area contributed by atoms with E-state index in [1.165, 1.54) is 49.8 Å². The summed E-state index contributed by atoms with van der Waals surface area (Å²) >= 11 is 0. The van der Waals surface area contributed by atoms with Crippen molar-refractivity contribution < 1.29 is 4.74 Å². The van der Waals surface area contributed by atoms with Crippen LogP contribution < -0.4 is 21.1 Å². The van der Waals surface area contributed by atoms with Crippen LogP contribution >= 0.6 is 0 Å². The molecule has 1 aliphatic carbocycles. The highest BCUT2D eigenvalue weighted by atomic mass is 16.5. The van der Waals surface area contributed by atoms with E-state index in [4.69, 9.17) is 4.74 Å². The van der Waals surface area contributed by atoms with Crippen molar-refractivity contribution in [2.24, 2.45) is 0 Å². The van der Waals surface area contributed by atoms with Crippen molar-refractivity contribution in [2.45, 2.75) is 5.41 Å². The molecule has 0 atom stereocenters. The predicted molar refractivity (Wildman–Crippen MR) is 161 cm³/mol. The van der Waals surface area contributed by atoms with E-state index >= 15 is 0 Å². The Labute approximate surface area is 229 Å². The van der Waals surface area contributed by atoms with Crippen molar-refractivity contribution in [3.8, 4) is 22.6 Å². The van der Waals surface area contributed by atoms with Gasteiger partial charge in [0.1, 0.15) is 11.5 Å². The molecule has 0 aromatic heterocycles. The van der Waals surface area contributed by atoms with Gasteiger partial charge in [-0.3, -0.25) is 0 Å². The highest BCUT2D eigenvalue weighted by Gasteiger charge is 2.49. The molecule has 6 aromatic carbocycles. The Morgan fingerprint density at radius 3 is 1.54 bits per heavy atom. The lowest BCUT2D eigenvalue weighted by Gasteiger charge is -2.37. The third-order valence-electron chi connectivity index (χ3n) is 8.50. The van der Waals surface area contributed by atoms with Gasteiger partial charge in [0, 0.05) is 0 Å². The summed E-state index contributed by atoms with van der Waals surface area (Å²) in [4.78, 5) is 0. The molecule has 0 saturated carbocycles. The summed E-state index contributed by atoms with van der Waals surface area (Å²) in [5, 5.41) is 0. The van der Waals surface area contributed by atoms with Crippen molar-refractivity contribution in [3.63, 3.8) is 0 Å². The lowest BCUT2D eigenvalue weighted by Crippen LogP contribution is -2.57.